The van der Waals surface area contributed by atoms with Gasteiger partial charge in [0.15, 0.2) is 0 Å². The molecule has 0 bridgehead atoms. The second-order valence-electron chi connectivity index (χ2n) is 6.63. The molecular weight excluding hydrogens is 403 g/mol. The van der Waals surface area contributed by atoms with E-state index >= 15 is 0 Å². The maximum Gasteiger partial charge on any atom is 0.410 e. The van der Waals surface area contributed by atoms with Gasteiger partial charge >= 0.3 is 6.09 Å². The van der Waals surface area contributed by atoms with Crippen molar-refractivity contribution in [1.82, 2.24) is 10.2 Å². The number of nitrogens with zero attached hydrogens (tertiary/aromatic N) is 1. The first-order chi connectivity index (χ1) is 11.1. The zero-order valence-corrected chi connectivity index (χ0v) is 16.0. The highest BCUT2D eigenvalue weighted by atomic mass is 79.9. The zero-order valence-electron chi connectivity index (χ0n) is 13.7. The van der Waals surface area contributed by atoms with Gasteiger partial charge in [0.25, 0.3) is 5.91 Å². The molecule has 1 fully saturated rings. The molecule has 2 amide bonds. The van der Waals surface area contributed by atoms with Gasteiger partial charge in [-0.3, -0.25) is 4.79 Å². The fourth-order valence-electron chi connectivity index (χ4n) is 2.35. The zero-order chi connectivity index (χ0) is 18.1. The Hall–Kier alpha value is -1.34. The summed E-state index contributed by atoms with van der Waals surface area (Å²) in [6, 6.07) is 2.05. The fourth-order valence-corrected chi connectivity index (χ4v) is 2.98. The number of carbonyl (C=O) groups is 2. The van der Waals surface area contributed by atoms with E-state index in [9.17, 15) is 14.0 Å². The lowest BCUT2D eigenvalue weighted by Crippen LogP contribution is -2.40. The van der Waals surface area contributed by atoms with E-state index in [1.807, 2.05) is 0 Å². The van der Waals surface area contributed by atoms with Crippen molar-refractivity contribution in [2.45, 2.75) is 38.8 Å². The van der Waals surface area contributed by atoms with Crippen molar-refractivity contribution in [1.29, 1.82) is 0 Å². The molecule has 0 spiro atoms. The SMILES string of the molecule is CC(C)(C)OC(=O)N1CCC(NC(=O)c2cc(F)cc(Br)c2Cl)C1. The summed E-state index contributed by atoms with van der Waals surface area (Å²) < 4.78 is 19.1. The van der Waals surface area contributed by atoms with Crippen molar-refractivity contribution in [2.75, 3.05) is 13.1 Å². The van der Waals surface area contributed by atoms with Gasteiger partial charge in [0.1, 0.15) is 11.4 Å². The van der Waals surface area contributed by atoms with E-state index < -0.39 is 23.4 Å². The van der Waals surface area contributed by atoms with Crippen LogP contribution < -0.4 is 5.32 Å². The average molecular weight is 422 g/mol. The molecule has 1 unspecified atom stereocenters. The Kier molecular flexibility index (Phi) is 5.75. The van der Waals surface area contributed by atoms with Crippen molar-refractivity contribution in [3.05, 3.63) is 33.0 Å². The molecule has 1 aliphatic heterocycles. The number of carbonyl (C=O) groups excluding carboxylic acids is 2. The number of nitrogens with one attached hydrogen (secondary N) is 1. The van der Waals surface area contributed by atoms with Gasteiger partial charge in [0.05, 0.1) is 10.6 Å². The summed E-state index contributed by atoms with van der Waals surface area (Å²) in [6.45, 7) is 6.22. The van der Waals surface area contributed by atoms with Gasteiger partial charge in [-0.1, -0.05) is 11.6 Å². The minimum absolute atomic E-state index is 0.0549. The van der Waals surface area contributed by atoms with Crippen LogP contribution in [-0.4, -0.2) is 41.6 Å². The summed E-state index contributed by atoms with van der Waals surface area (Å²) >= 11 is 9.15. The second kappa shape index (κ2) is 7.27. The molecule has 1 atom stereocenters. The average Bonchev–Trinajstić information content (AvgIpc) is 2.89. The molecule has 0 aromatic heterocycles. The van der Waals surface area contributed by atoms with Crippen LogP contribution in [0.4, 0.5) is 9.18 Å². The lowest BCUT2D eigenvalue weighted by molar-refractivity contribution is 0.0290. The smallest absolute Gasteiger partial charge is 0.410 e. The van der Waals surface area contributed by atoms with Crippen molar-refractivity contribution in [3.63, 3.8) is 0 Å². The van der Waals surface area contributed by atoms with Crippen LogP contribution in [0.1, 0.15) is 37.6 Å². The maximum absolute atomic E-state index is 13.5. The van der Waals surface area contributed by atoms with Gasteiger partial charge in [0, 0.05) is 23.6 Å². The number of likely N-dealkylation sites (tertiary alicyclic amines) is 1. The molecule has 132 valence electrons. The molecule has 5 nitrogen and oxygen atoms in total. The van der Waals surface area contributed by atoms with Crippen LogP contribution in [0.15, 0.2) is 16.6 Å². The van der Waals surface area contributed by atoms with Gasteiger partial charge in [0.2, 0.25) is 0 Å². The van der Waals surface area contributed by atoms with Crippen molar-refractivity contribution in [2.24, 2.45) is 0 Å². The molecule has 1 aromatic rings. The van der Waals surface area contributed by atoms with Crippen LogP contribution in [0, 0.1) is 5.82 Å². The third-order valence-electron chi connectivity index (χ3n) is 3.41. The molecule has 8 heteroatoms. The highest BCUT2D eigenvalue weighted by Gasteiger charge is 2.31. The third kappa shape index (κ3) is 4.83. The summed E-state index contributed by atoms with van der Waals surface area (Å²) in [5.41, 5.74) is -0.515. The molecule has 1 N–H and O–H groups in total. The highest BCUT2D eigenvalue weighted by molar-refractivity contribution is 9.10. The van der Waals surface area contributed by atoms with Gasteiger partial charge in [-0.05, 0) is 55.3 Å². The molecule has 0 saturated carbocycles. The number of rotatable bonds is 2. The van der Waals surface area contributed by atoms with E-state index in [0.717, 1.165) is 6.07 Å². The molecule has 2 rings (SSSR count). The minimum atomic E-state index is -0.570. The lowest BCUT2D eigenvalue weighted by Gasteiger charge is -2.24. The predicted molar refractivity (Wildman–Crippen MR) is 92.8 cm³/mol. The molecule has 1 heterocycles. The molecule has 1 aliphatic rings. The Morgan fingerprint density at radius 2 is 2.08 bits per heavy atom. The van der Waals surface area contributed by atoms with E-state index in [1.54, 1.807) is 25.7 Å². The molecule has 0 aliphatic carbocycles. The molecule has 24 heavy (non-hydrogen) atoms. The molecule has 1 saturated heterocycles. The first-order valence-electron chi connectivity index (χ1n) is 7.50. The summed E-state index contributed by atoms with van der Waals surface area (Å²) in [5.74, 6) is -1.03. The molecule has 0 radical (unpaired) electrons. The van der Waals surface area contributed by atoms with Crippen LogP contribution in [0.5, 0.6) is 0 Å². The Bertz CT molecular complexity index is 663. The monoisotopic (exact) mass is 420 g/mol. The van der Waals surface area contributed by atoms with Gasteiger partial charge < -0.3 is 15.0 Å². The van der Waals surface area contributed by atoms with Crippen molar-refractivity contribution < 1.29 is 18.7 Å². The first kappa shape index (κ1) is 19.0. The summed E-state index contributed by atoms with van der Waals surface area (Å²) in [6.07, 6.45) is 0.185. The van der Waals surface area contributed by atoms with E-state index in [1.165, 1.54) is 6.07 Å². The summed E-state index contributed by atoms with van der Waals surface area (Å²) in [5, 5.41) is 2.93. The number of halogens is 3. The van der Waals surface area contributed by atoms with Crippen LogP contribution in [0.25, 0.3) is 0 Å². The largest absolute Gasteiger partial charge is 0.444 e. The van der Waals surface area contributed by atoms with Crippen LogP contribution >= 0.6 is 27.5 Å². The number of hydrogen-bond acceptors (Lipinski definition) is 3. The first-order valence-corrected chi connectivity index (χ1v) is 8.67. The van der Waals surface area contributed by atoms with Crippen LogP contribution in [0.2, 0.25) is 5.02 Å². The predicted octanol–water partition coefficient (Wildman–Crippen LogP) is 3.98. The van der Waals surface area contributed by atoms with Crippen molar-refractivity contribution in [3.8, 4) is 0 Å². The van der Waals surface area contributed by atoms with Crippen LogP contribution in [-0.2, 0) is 4.74 Å². The minimum Gasteiger partial charge on any atom is -0.444 e. The van der Waals surface area contributed by atoms with Crippen LogP contribution in [0.3, 0.4) is 0 Å². The summed E-state index contributed by atoms with van der Waals surface area (Å²) in [4.78, 5) is 25.9. The maximum atomic E-state index is 13.5. The second-order valence-corrected chi connectivity index (χ2v) is 7.87. The molecule has 1 aromatic carbocycles. The topological polar surface area (TPSA) is 58.6 Å². The Balaban J connectivity index is 1.98. The number of amides is 2. The number of ether oxygens (including phenoxy) is 1. The Labute approximate surface area is 153 Å². The van der Waals surface area contributed by atoms with E-state index in [4.69, 9.17) is 16.3 Å². The molecular formula is C16H19BrClFN2O3. The highest BCUT2D eigenvalue weighted by Crippen LogP contribution is 2.28. The summed E-state index contributed by atoms with van der Waals surface area (Å²) in [7, 11) is 0. The van der Waals surface area contributed by atoms with E-state index in [-0.39, 0.29) is 16.6 Å². The van der Waals surface area contributed by atoms with Gasteiger partial charge in [-0.2, -0.15) is 0 Å². The van der Waals surface area contributed by atoms with Crippen molar-refractivity contribution >= 4 is 39.5 Å². The van der Waals surface area contributed by atoms with Gasteiger partial charge in [-0.15, -0.1) is 0 Å². The van der Waals surface area contributed by atoms with E-state index in [2.05, 4.69) is 21.2 Å². The third-order valence-corrected chi connectivity index (χ3v) is 4.67. The Morgan fingerprint density at radius 1 is 1.42 bits per heavy atom. The standard InChI is InChI=1S/C16H19BrClFN2O3/c1-16(2,3)24-15(23)21-5-4-10(8-21)20-14(22)11-6-9(19)7-12(17)13(11)18/h6-7,10H,4-5,8H2,1-3H3,(H,20,22). The number of hydrogen-bond donors (Lipinski definition) is 1. The number of benzene rings is 1. The normalized spacial score (nSPS) is 17.8. The fraction of sp³-hybridized carbons (Fsp3) is 0.500. The Morgan fingerprint density at radius 3 is 2.71 bits per heavy atom. The quantitative estimate of drug-likeness (QED) is 0.735. The van der Waals surface area contributed by atoms with Gasteiger partial charge in [-0.25, -0.2) is 9.18 Å². The lowest BCUT2D eigenvalue weighted by atomic mass is 10.2. The van der Waals surface area contributed by atoms with E-state index in [0.29, 0.717) is 24.0 Å².